The van der Waals surface area contributed by atoms with E-state index >= 15 is 0 Å². The second-order valence-corrected chi connectivity index (χ2v) is 6.62. The van der Waals surface area contributed by atoms with Gasteiger partial charge in [-0.05, 0) is 24.1 Å². The van der Waals surface area contributed by atoms with Crippen molar-refractivity contribution >= 4 is 22.9 Å². The fourth-order valence-electron chi connectivity index (χ4n) is 2.51. The zero-order chi connectivity index (χ0) is 17.5. The Labute approximate surface area is 151 Å². The highest BCUT2D eigenvalue weighted by molar-refractivity contribution is 7.09. The number of amides is 1. The predicted octanol–water partition coefficient (Wildman–Crippen LogP) is 4.12. The molecule has 2 aromatic carbocycles. The number of hydrogen-bond donors (Lipinski definition) is 1. The summed E-state index contributed by atoms with van der Waals surface area (Å²) in [6.45, 7) is 0. The van der Waals surface area contributed by atoms with Crippen LogP contribution in [-0.2, 0) is 24.1 Å². The molecule has 3 rings (SSSR count). The van der Waals surface area contributed by atoms with Crippen molar-refractivity contribution in [1.29, 1.82) is 0 Å². The fraction of sp³-hybridized carbons (Fsp3) is 0.200. The lowest BCUT2D eigenvalue weighted by Crippen LogP contribution is -2.14. The van der Waals surface area contributed by atoms with Crippen molar-refractivity contribution in [3.63, 3.8) is 0 Å². The van der Waals surface area contributed by atoms with Gasteiger partial charge in [0.2, 0.25) is 5.91 Å². The number of anilines is 1. The Balaban J connectivity index is 1.52. The normalized spacial score (nSPS) is 10.4. The first kappa shape index (κ1) is 17.2. The van der Waals surface area contributed by atoms with Crippen LogP contribution >= 0.6 is 11.3 Å². The van der Waals surface area contributed by atoms with Gasteiger partial charge in [-0.25, -0.2) is 4.98 Å². The standard InChI is InChI=1S/C20H20N2O2S/c1-24-18-9-5-8-16(12-18)21-19(23)13-17-14-25-20(22-17)11-10-15-6-3-2-4-7-15/h2-9,12,14H,10-11,13H2,1H3,(H,21,23). The lowest BCUT2D eigenvalue weighted by Gasteiger charge is -2.06. The molecular formula is C20H20N2O2S. The highest BCUT2D eigenvalue weighted by atomic mass is 32.1. The first-order chi connectivity index (χ1) is 12.2. The summed E-state index contributed by atoms with van der Waals surface area (Å²) >= 11 is 1.61. The van der Waals surface area contributed by atoms with Crippen LogP contribution in [0.4, 0.5) is 5.69 Å². The van der Waals surface area contributed by atoms with Crippen molar-refractivity contribution in [3.8, 4) is 5.75 Å². The second kappa shape index (κ2) is 8.44. The summed E-state index contributed by atoms with van der Waals surface area (Å²) < 4.78 is 5.16. The van der Waals surface area contributed by atoms with Crippen molar-refractivity contribution in [1.82, 2.24) is 4.98 Å². The zero-order valence-corrected chi connectivity index (χ0v) is 14.9. The van der Waals surface area contributed by atoms with Gasteiger partial charge in [0.1, 0.15) is 5.75 Å². The Morgan fingerprint density at radius 1 is 1.12 bits per heavy atom. The number of nitrogens with zero attached hydrogens (tertiary/aromatic N) is 1. The maximum atomic E-state index is 12.2. The molecule has 0 unspecified atom stereocenters. The Morgan fingerprint density at radius 2 is 1.96 bits per heavy atom. The van der Waals surface area contributed by atoms with E-state index in [1.807, 2.05) is 41.8 Å². The van der Waals surface area contributed by atoms with Gasteiger partial charge < -0.3 is 10.1 Å². The molecule has 1 heterocycles. The summed E-state index contributed by atoms with van der Waals surface area (Å²) in [5.41, 5.74) is 2.84. The summed E-state index contributed by atoms with van der Waals surface area (Å²) in [4.78, 5) is 16.8. The molecule has 128 valence electrons. The second-order valence-electron chi connectivity index (χ2n) is 5.68. The number of ether oxygens (including phenoxy) is 1. The number of aromatic nitrogens is 1. The highest BCUT2D eigenvalue weighted by Gasteiger charge is 2.09. The number of carbonyl (C=O) groups is 1. The lowest BCUT2D eigenvalue weighted by atomic mass is 10.1. The first-order valence-corrected chi connectivity index (χ1v) is 9.02. The third kappa shape index (κ3) is 5.16. The van der Waals surface area contributed by atoms with Crippen molar-refractivity contribution in [2.24, 2.45) is 0 Å². The molecule has 1 N–H and O–H groups in total. The summed E-state index contributed by atoms with van der Waals surface area (Å²) in [6.07, 6.45) is 2.13. The molecule has 0 atom stereocenters. The minimum absolute atomic E-state index is 0.0758. The Hall–Kier alpha value is -2.66. The first-order valence-electron chi connectivity index (χ1n) is 8.14. The summed E-state index contributed by atoms with van der Waals surface area (Å²) in [7, 11) is 1.60. The van der Waals surface area contributed by atoms with Gasteiger partial charge >= 0.3 is 0 Å². The zero-order valence-electron chi connectivity index (χ0n) is 14.1. The van der Waals surface area contributed by atoms with Crippen molar-refractivity contribution in [2.75, 3.05) is 12.4 Å². The molecule has 1 aromatic heterocycles. The maximum absolute atomic E-state index is 12.2. The number of rotatable bonds is 7. The van der Waals surface area contributed by atoms with Crippen LogP contribution < -0.4 is 10.1 Å². The number of aryl methyl sites for hydroxylation is 2. The van der Waals surface area contributed by atoms with E-state index < -0.39 is 0 Å². The van der Waals surface area contributed by atoms with E-state index in [0.29, 0.717) is 0 Å². The van der Waals surface area contributed by atoms with E-state index in [9.17, 15) is 4.79 Å². The molecular weight excluding hydrogens is 332 g/mol. The number of benzene rings is 2. The van der Waals surface area contributed by atoms with Gasteiger partial charge in [0, 0.05) is 23.6 Å². The topological polar surface area (TPSA) is 51.2 Å². The monoisotopic (exact) mass is 352 g/mol. The molecule has 0 aliphatic carbocycles. The molecule has 4 nitrogen and oxygen atoms in total. The molecule has 0 bridgehead atoms. The number of hydrogen-bond acceptors (Lipinski definition) is 4. The van der Waals surface area contributed by atoms with Gasteiger partial charge in [0.15, 0.2) is 0 Å². The van der Waals surface area contributed by atoms with E-state index in [1.54, 1.807) is 24.5 Å². The summed E-state index contributed by atoms with van der Waals surface area (Å²) in [5, 5.41) is 5.90. The maximum Gasteiger partial charge on any atom is 0.230 e. The molecule has 0 saturated heterocycles. The minimum Gasteiger partial charge on any atom is -0.497 e. The van der Waals surface area contributed by atoms with Crippen molar-refractivity contribution in [2.45, 2.75) is 19.3 Å². The van der Waals surface area contributed by atoms with E-state index in [1.165, 1.54) is 5.56 Å². The summed E-state index contributed by atoms with van der Waals surface area (Å²) in [6, 6.07) is 17.7. The molecule has 0 aliphatic rings. The third-order valence-electron chi connectivity index (χ3n) is 3.76. The molecule has 0 aliphatic heterocycles. The van der Waals surface area contributed by atoms with Gasteiger partial charge in [0.25, 0.3) is 0 Å². The van der Waals surface area contributed by atoms with Crippen LogP contribution in [0.1, 0.15) is 16.3 Å². The van der Waals surface area contributed by atoms with Gasteiger partial charge in [-0.15, -0.1) is 11.3 Å². The fourth-order valence-corrected chi connectivity index (χ4v) is 3.31. The van der Waals surface area contributed by atoms with Crippen molar-refractivity contribution in [3.05, 3.63) is 76.2 Å². The minimum atomic E-state index is -0.0758. The van der Waals surface area contributed by atoms with Crippen LogP contribution in [0.15, 0.2) is 60.0 Å². The average molecular weight is 352 g/mol. The van der Waals surface area contributed by atoms with E-state index in [0.717, 1.165) is 35.0 Å². The molecule has 0 radical (unpaired) electrons. The molecule has 25 heavy (non-hydrogen) atoms. The lowest BCUT2D eigenvalue weighted by molar-refractivity contribution is -0.115. The van der Waals surface area contributed by atoms with Crippen LogP contribution in [0.25, 0.3) is 0 Å². The number of nitrogens with one attached hydrogen (secondary N) is 1. The number of methoxy groups -OCH3 is 1. The molecule has 1 amide bonds. The highest BCUT2D eigenvalue weighted by Crippen LogP contribution is 2.18. The predicted molar refractivity (Wildman–Crippen MR) is 101 cm³/mol. The molecule has 3 aromatic rings. The smallest absolute Gasteiger partial charge is 0.230 e. The average Bonchev–Trinajstić information content (AvgIpc) is 3.08. The molecule has 0 spiro atoms. The van der Waals surface area contributed by atoms with Gasteiger partial charge in [0.05, 0.1) is 24.2 Å². The largest absolute Gasteiger partial charge is 0.497 e. The van der Waals surface area contributed by atoms with Crippen LogP contribution in [0.5, 0.6) is 5.75 Å². The molecule has 0 saturated carbocycles. The molecule has 5 heteroatoms. The van der Waals surface area contributed by atoms with Gasteiger partial charge in [-0.1, -0.05) is 36.4 Å². The number of thiazole rings is 1. The van der Waals surface area contributed by atoms with Gasteiger partial charge in [-0.3, -0.25) is 4.79 Å². The van der Waals surface area contributed by atoms with Crippen LogP contribution in [0.2, 0.25) is 0 Å². The third-order valence-corrected chi connectivity index (χ3v) is 4.72. The SMILES string of the molecule is COc1cccc(NC(=O)Cc2csc(CCc3ccccc3)n2)c1. The number of carbonyl (C=O) groups excluding carboxylic acids is 1. The van der Waals surface area contributed by atoms with Crippen LogP contribution in [0, 0.1) is 0 Å². The van der Waals surface area contributed by atoms with E-state index in [-0.39, 0.29) is 12.3 Å². The van der Waals surface area contributed by atoms with E-state index in [2.05, 4.69) is 22.4 Å². The summed E-state index contributed by atoms with van der Waals surface area (Å²) in [5.74, 6) is 0.641. The molecule has 0 fully saturated rings. The van der Waals surface area contributed by atoms with Gasteiger partial charge in [-0.2, -0.15) is 0 Å². The quantitative estimate of drug-likeness (QED) is 0.696. The van der Waals surface area contributed by atoms with Crippen LogP contribution in [0.3, 0.4) is 0 Å². The Kier molecular flexibility index (Phi) is 5.80. The van der Waals surface area contributed by atoms with Crippen LogP contribution in [-0.4, -0.2) is 18.0 Å². The Bertz CT molecular complexity index is 830. The van der Waals surface area contributed by atoms with Crippen molar-refractivity contribution < 1.29 is 9.53 Å². The van der Waals surface area contributed by atoms with E-state index in [4.69, 9.17) is 4.74 Å². The Morgan fingerprint density at radius 3 is 2.76 bits per heavy atom.